The summed E-state index contributed by atoms with van der Waals surface area (Å²) in [4.78, 5) is 15.1. The molecule has 0 aliphatic carbocycles. The van der Waals surface area contributed by atoms with Gasteiger partial charge in [0, 0.05) is 11.9 Å². The smallest absolute Gasteiger partial charge is 0.495 e. The van der Waals surface area contributed by atoms with Gasteiger partial charge >= 0.3 is 5.51 Å². The molecule has 0 bridgehead atoms. The first-order valence-corrected chi connectivity index (χ1v) is 8.28. The Morgan fingerprint density at radius 2 is 1.88 bits per heavy atom. The molecule has 0 aliphatic heterocycles. The van der Waals surface area contributed by atoms with Crippen molar-refractivity contribution >= 4 is 21.4 Å². The third-order valence-electron chi connectivity index (χ3n) is 3.21. The van der Waals surface area contributed by atoms with E-state index in [1.54, 1.807) is 13.0 Å². The summed E-state index contributed by atoms with van der Waals surface area (Å²) in [6.45, 7) is 1.72. The van der Waals surface area contributed by atoms with Gasteiger partial charge in [-0.2, -0.15) is 13.2 Å². The van der Waals surface area contributed by atoms with Crippen LogP contribution in [0.5, 0.6) is 5.75 Å². The fourth-order valence-corrected chi connectivity index (χ4v) is 2.67. The van der Waals surface area contributed by atoms with Gasteiger partial charge in [-0.3, -0.25) is 9.78 Å². The maximum Gasteiger partial charge on any atom is 0.501 e. The first kappa shape index (κ1) is 18.7. The molecule has 0 atom stereocenters. The highest BCUT2D eigenvalue weighted by Gasteiger charge is 2.47. The van der Waals surface area contributed by atoms with Gasteiger partial charge in [0.2, 0.25) is 0 Å². The van der Waals surface area contributed by atoms with Crippen LogP contribution in [0.1, 0.15) is 16.1 Å². The number of amides is 1. The fraction of sp³-hybridized carbons (Fsp3) is 0.200. The number of aromatic nitrogens is 1. The summed E-state index contributed by atoms with van der Waals surface area (Å²) >= 11 is 0. The number of alkyl halides is 3. The van der Waals surface area contributed by atoms with Gasteiger partial charge in [0.15, 0.2) is 0 Å². The number of halogens is 3. The molecule has 0 spiro atoms. The number of hydrogen-bond acceptors (Lipinski definition) is 5. The van der Waals surface area contributed by atoms with Gasteiger partial charge in [-0.1, -0.05) is 0 Å². The second-order valence-corrected chi connectivity index (χ2v) is 6.89. The lowest BCUT2D eigenvalue weighted by Gasteiger charge is -2.13. The lowest BCUT2D eigenvalue weighted by Crippen LogP contribution is -2.23. The molecule has 2 rings (SSSR count). The van der Waals surface area contributed by atoms with E-state index in [2.05, 4.69) is 10.3 Å². The minimum absolute atomic E-state index is 0.00884. The summed E-state index contributed by atoms with van der Waals surface area (Å²) in [6, 6.07) is 5.53. The lowest BCUT2D eigenvalue weighted by molar-refractivity contribution is -0.0436. The Morgan fingerprint density at radius 3 is 2.40 bits per heavy atom. The van der Waals surface area contributed by atoms with Crippen LogP contribution in [0.3, 0.4) is 0 Å². The predicted molar refractivity (Wildman–Crippen MR) is 83.2 cm³/mol. The number of benzene rings is 1. The molecular formula is C15H13F3N2O4S. The van der Waals surface area contributed by atoms with Crippen molar-refractivity contribution < 1.29 is 31.1 Å². The Labute approximate surface area is 141 Å². The molecule has 0 radical (unpaired) electrons. The third-order valence-corrected chi connectivity index (χ3v) is 4.69. The Kier molecular flexibility index (Phi) is 5.02. The Bertz CT molecular complexity index is 894. The van der Waals surface area contributed by atoms with Crippen molar-refractivity contribution in [2.24, 2.45) is 0 Å². The van der Waals surface area contributed by atoms with Crippen molar-refractivity contribution in [2.75, 3.05) is 12.4 Å². The maximum absolute atomic E-state index is 12.7. The molecule has 0 fully saturated rings. The van der Waals surface area contributed by atoms with Gasteiger partial charge in [0.05, 0.1) is 23.3 Å². The van der Waals surface area contributed by atoms with Crippen LogP contribution >= 0.6 is 0 Å². The second-order valence-electron chi connectivity index (χ2n) is 4.95. The summed E-state index contributed by atoms with van der Waals surface area (Å²) in [5, 5.41) is 2.33. The van der Waals surface area contributed by atoms with Crippen molar-refractivity contribution in [3.63, 3.8) is 0 Å². The van der Waals surface area contributed by atoms with Crippen molar-refractivity contribution in [1.29, 1.82) is 0 Å². The van der Waals surface area contributed by atoms with Gasteiger partial charge < -0.3 is 10.1 Å². The molecular weight excluding hydrogens is 361 g/mol. The molecule has 0 saturated heterocycles. The van der Waals surface area contributed by atoms with E-state index >= 15 is 0 Å². The highest BCUT2D eigenvalue weighted by Crippen LogP contribution is 2.34. The zero-order valence-corrected chi connectivity index (χ0v) is 13.9. The second kappa shape index (κ2) is 6.71. The Hall–Kier alpha value is -2.62. The van der Waals surface area contributed by atoms with Crippen LogP contribution in [0.25, 0.3) is 0 Å². The van der Waals surface area contributed by atoms with E-state index in [0.717, 1.165) is 12.1 Å². The van der Waals surface area contributed by atoms with Gasteiger partial charge in [0.25, 0.3) is 15.7 Å². The van der Waals surface area contributed by atoms with Crippen LogP contribution in [-0.4, -0.2) is 31.9 Å². The van der Waals surface area contributed by atoms with Crippen LogP contribution in [0.4, 0.5) is 18.9 Å². The molecule has 134 valence electrons. The van der Waals surface area contributed by atoms with E-state index in [9.17, 15) is 26.4 Å². The molecule has 1 N–H and O–H groups in total. The normalized spacial score (nSPS) is 11.9. The highest BCUT2D eigenvalue weighted by atomic mass is 32.2. The zero-order chi connectivity index (χ0) is 18.8. The highest BCUT2D eigenvalue weighted by molar-refractivity contribution is 7.92. The average Bonchev–Trinajstić information content (AvgIpc) is 2.54. The van der Waals surface area contributed by atoms with Crippen molar-refractivity contribution in [1.82, 2.24) is 4.98 Å². The van der Waals surface area contributed by atoms with Crippen molar-refractivity contribution in [2.45, 2.75) is 17.3 Å². The largest absolute Gasteiger partial charge is 0.501 e. The number of aryl methyl sites for hydroxylation is 1. The molecule has 1 aromatic heterocycles. The van der Waals surface area contributed by atoms with Gasteiger partial charge in [-0.15, -0.1) is 0 Å². The summed E-state index contributed by atoms with van der Waals surface area (Å²) < 4.78 is 66.0. The fourth-order valence-electron chi connectivity index (χ4n) is 1.88. The summed E-state index contributed by atoms with van der Waals surface area (Å²) in [6.07, 6.45) is 1.29. The number of pyridine rings is 1. The number of anilines is 1. The minimum Gasteiger partial charge on any atom is -0.495 e. The molecule has 0 aliphatic rings. The number of methoxy groups -OCH3 is 1. The predicted octanol–water partition coefficient (Wildman–Crippen LogP) is 2.94. The zero-order valence-electron chi connectivity index (χ0n) is 13.1. The molecule has 2 aromatic rings. The topological polar surface area (TPSA) is 85.4 Å². The maximum atomic E-state index is 12.7. The number of carbonyl (C=O) groups excluding carboxylic acids is 1. The summed E-state index contributed by atoms with van der Waals surface area (Å²) in [5.74, 6) is -0.665. The summed E-state index contributed by atoms with van der Waals surface area (Å²) in [7, 11) is -4.32. The van der Waals surface area contributed by atoms with E-state index < -0.39 is 26.1 Å². The van der Waals surface area contributed by atoms with Crippen LogP contribution in [0, 0.1) is 6.92 Å². The van der Waals surface area contributed by atoms with Crippen LogP contribution in [0.2, 0.25) is 0 Å². The number of carbonyl (C=O) groups is 1. The molecule has 0 saturated carbocycles. The summed E-state index contributed by atoms with van der Waals surface area (Å²) in [5.41, 5.74) is -4.84. The molecule has 6 nitrogen and oxygen atoms in total. The molecule has 1 heterocycles. The van der Waals surface area contributed by atoms with E-state index in [4.69, 9.17) is 4.74 Å². The van der Waals surface area contributed by atoms with Crippen LogP contribution in [0.15, 0.2) is 41.4 Å². The van der Waals surface area contributed by atoms with Gasteiger partial charge in [-0.05, 0) is 37.3 Å². The molecule has 1 amide bonds. The number of nitrogens with zero attached hydrogens (tertiary/aromatic N) is 1. The number of hydrogen-bond donors (Lipinski definition) is 1. The minimum atomic E-state index is -5.55. The van der Waals surface area contributed by atoms with Crippen molar-refractivity contribution in [3.8, 4) is 5.75 Å². The van der Waals surface area contributed by atoms with E-state index in [-0.39, 0.29) is 17.0 Å². The first-order valence-electron chi connectivity index (χ1n) is 6.79. The molecule has 10 heteroatoms. The molecule has 0 unspecified atom stereocenters. The van der Waals surface area contributed by atoms with Crippen molar-refractivity contribution in [3.05, 3.63) is 47.8 Å². The van der Waals surface area contributed by atoms with Crippen LogP contribution < -0.4 is 10.1 Å². The average molecular weight is 374 g/mol. The standard InChI is InChI=1S/C15H13F3N2O4S/c1-9-3-4-10(8-19-9)14(21)20-12-7-11(5-6-13(12)24-2)25(22,23)15(16,17)18/h3-8H,1-2H3,(H,20,21). The third kappa shape index (κ3) is 3.90. The molecule has 25 heavy (non-hydrogen) atoms. The quantitative estimate of drug-likeness (QED) is 0.889. The van der Waals surface area contributed by atoms with Crippen LogP contribution in [-0.2, 0) is 9.84 Å². The monoisotopic (exact) mass is 374 g/mol. The molecule has 1 aromatic carbocycles. The number of sulfone groups is 1. The number of ether oxygens (including phenoxy) is 1. The first-order chi connectivity index (χ1) is 11.6. The van der Waals surface area contributed by atoms with Gasteiger partial charge in [0.1, 0.15) is 5.75 Å². The van der Waals surface area contributed by atoms with Gasteiger partial charge in [-0.25, -0.2) is 8.42 Å². The Morgan fingerprint density at radius 1 is 1.20 bits per heavy atom. The van der Waals surface area contributed by atoms with E-state index in [0.29, 0.717) is 11.8 Å². The lowest BCUT2D eigenvalue weighted by atomic mass is 10.2. The Balaban J connectivity index is 2.41. The number of rotatable bonds is 4. The SMILES string of the molecule is COc1ccc(S(=O)(=O)C(F)(F)F)cc1NC(=O)c1ccc(C)nc1. The van der Waals surface area contributed by atoms with E-state index in [1.807, 2.05) is 0 Å². The number of nitrogens with one attached hydrogen (secondary N) is 1. The van der Waals surface area contributed by atoms with E-state index in [1.165, 1.54) is 19.4 Å².